The van der Waals surface area contributed by atoms with Crippen molar-refractivity contribution < 1.29 is 24.4 Å². The maximum Gasteiger partial charge on any atom is 0.193 e. The molecule has 2 heterocycles. The molecule has 0 spiro atoms. The molecule has 0 saturated heterocycles. The summed E-state index contributed by atoms with van der Waals surface area (Å²) in [7, 11) is 3.18. The van der Waals surface area contributed by atoms with Crippen LogP contribution in [0, 0.1) is 0 Å². The van der Waals surface area contributed by atoms with Gasteiger partial charge in [-0.2, -0.15) is 0 Å². The van der Waals surface area contributed by atoms with Crippen molar-refractivity contribution in [3.63, 3.8) is 0 Å². The molecular formula is C19H20N2O5. The van der Waals surface area contributed by atoms with Gasteiger partial charge in [0.05, 0.1) is 32.7 Å². The fourth-order valence-corrected chi connectivity index (χ4v) is 2.56. The van der Waals surface area contributed by atoms with Crippen LogP contribution in [0.3, 0.4) is 0 Å². The molecule has 0 unspecified atom stereocenters. The Balaban J connectivity index is 1.65. The van der Waals surface area contributed by atoms with Gasteiger partial charge in [-0.05, 0) is 30.3 Å². The van der Waals surface area contributed by atoms with Crippen LogP contribution in [-0.4, -0.2) is 40.6 Å². The van der Waals surface area contributed by atoms with E-state index in [0.29, 0.717) is 23.8 Å². The molecule has 26 heavy (non-hydrogen) atoms. The van der Waals surface area contributed by atoms with E-state index < -0.39 is 0 Å². The number of rotatable bonds is 7. The molecule has 0 saturated carbocycles. The smallest absolute Gasteiger partial charge is 0.193 e. The van der Waals surface area contributed by atoms with Gasteiger partial charge in [0.15, 0.2) is 23.3 Å². The Morgan fingerprint density at radius 1 is 0.923 bits per heavy atom. The maximum absolute atomic E-state index is 9.59. The van der Waals surface area contributed by atoms with Gasteiger partial charge in [-0.1, -0.05) is 0 Å². The van der Waals surface area contributed by atoms with Gasteiger partial charge in [-0.3, -0.25) is 9.55 Å². The second kappa shape index (κ2) is 7.69. The summed E-state index contributed by atoms with van der Waals surface area (Å²) in [5, 5.41) is 19.2. The molecule has 7 nitrogen and oxygen atoms in total. The first-order valence-corrected chi connectivity index (χ1v) is 8.01. The third kappa shape index (κ3) is 3.66. The number of hydrogen-bond donors (Lipinski definition) is 2. The lowest BCUT2D eigenvalue weighted by atomic mass is 10.1. The third-order valence-electron chi connectivity index (χ3n) is 3.93. The van der Waals surface area contributed by atoms with Gasteiger partial charge >= 0.3 is 0 Å². The molecule has 2 aromatic heterocycles. The summed E-state index contributed by atoms with van der Waals surface area (Å²) in [6.45, 7) is 0.606. The molecule has 0 amide bonds. The monoisotopic (exact) mass is 356 g/mol. The first-order chi connectivity index (χ1) is 12.6. The molecule has 3 aromatic rings. The predicted molar refractivity (Wildman–Crippen MR) is 96.0 cm³/mol. The molecule has 0 atom stereocenters. The predicted octanol–water partition coefficient (Wildman–Crippen LogP) is 3.06. The Kier molecular flexibility index (Phi) is 5.17. The number of aromatic hydroxyl groups is 2. The van der Waals surface area contributed by atoms with E-state index >= 15 is 0 Å². The molecule has 0 aliphatic heterocycles. The summed E-state index contributed by atoms with van der Waals surface area (Å²) >= 11 is 0. The Labute approximate surface area is 151 Å². The molecule has 2 N–H and O–H groups in total. The lowest BCUT2D eigenvalue weighted by Crippen LogP contribution is -2.07. The molecular weight excluding hydrogens is 336 g/mol. The molecule has 0 bridgehead atoms. The van der Waals surface area contributed by atoms with Crippen LogP contribution in [0.1, 0.15) is 0 Å². The van der Waals surface area contributed by atoms with Gasteiger partial charge in [-0.25, -0.2) is 0 Å². The number of nitrogens with zero attached hydrogens (tertiary/aromatic N) is 2. The van der Waals surface area contributed by atoms with Crippen molar-refractivity contribution in [2.24, 2.45) is 0 Å². The van der Waals surface area contributed by atoms with Gasteiger partial charge in [-0.15, -0.1) is 0 Å². The molecule has 0 fully saturated rings. The van der Waals surface area contributed by atoms with E-state index in [1.165, 1.54) is 16.7 Å². The minimum atomic E-state index is -0.00646. The molecule has 0 radical (unpaired) electrons. The van der Waals surface area contributed by atoms with Crippen LogP contribution in [0.15, 0.2) is 48.7 Å². The highest BCUT2D eigenvalue weighted by Crippen LogP contribution is 2.31. The summed E-state index contributed by atoms with van der Waals surface area (Å²) in [4.78, 5) is 4.40. The summed E-state index contributed by atoms with van der Waals surface area (Å²) < 4.78 is 17.5. The van der Waals surface area contributed by atoms with Crippen molar-refractivity contribution in [3.8, 4) is 40.3 Å². The summed E-state index contributed by atoms with van der Waals surface area (Å²) in [5.41, 5.74) is 1.68. The highest BCUT2D eigenvalue weighted by atomic mass is 16.5. The van der Waals surface area contributed by atoms with Crippen molar-refractivity contribution >= 4 is 0 Å². The first-order valence-electron chi connectivity index (χ1n) is 8.01. The molecule has 0 aliphatic carbocycles. The van der Waals surface area contributed by atoms with Gasteiger partial charge in [0.25, 0.3) is 0 Å². The summed E-state index contributed by atoms with van der Waals surface area (Å²) in [6.07, 6.45) is 1.63. The van der Waals surface area contributed by atoms with Crippen LogP contribution in [-0.2, 0) is 6.54 Å². The van der Waals surface area contributed by atoms with Crippen molar-refractivity contribution in [1.82, 2.24) is 9.55 Å². The normalized spacial score (nSPS) is 10.5. The fraction of sp³-hybridized carbons (Fsp3) is 0.211. The van der Waals surface area contributed by atoms with E-state index in [1.54, 1.807) is 20.4 Å². The number of ether oxygens (including phenoxy) is 3. The van der Waals surface area contributed by atoms with E-state index in [1.807, 2.05) is 30.3 Å². The third-order valence-corrected chi connectivity index (χ3v) is 3.93. The zero-order valence-corrected chi connectivity index (χ0v) is 14.5. The standard InChI is InChI=1S/C19H20N2O5/c1-24-16-6-3-13(11-17(16)25-2)15-5-4-14(12-20-15)26-10-9-21-18(22)7-8-19(21)23/h3-8,11-12,22-23H,9-10H2,1-2H3. The van der Waals surface area contributed by atoms with Crippen LogP contribution in [0.5, 0.6) is 29.0 Å². The minimum Gasteiger partial charge on any atom is -0.494 e. The van der Waals surface area contributed by atoms with E-state index in [9.17, 15) is 10.2 Å². The molecule has 0 aliphatic rings. The van der Waals surface area contributed by atoms with E-state index in [0.717, 1.165) is 11.3 Å². The number of hydrogen-bond acceptors (Lipinski definition) is 6. The number of pyridine rings is 1. The van der Waals surface area contributed by atoms with Crippen LogP contribution < -0.4 is 14.2 Å². The highest BCUT2D eigenvalue weighted by Gasteiger charge is 2.08. The molecule has 3 rings (SSSR count). The average Bonchev–Trinajstić information content (AvgIpc) is 3.00. The lowest BCUT2D eigenvalue weighted by molar-refractivity contribution is 0.274. The topological polar surface area (TPSA) is 86.0 Å². The van der Waals surface area contributed by atoms with Crippen molar-refractivity contribution in [2.75, 3.05) is 20.8 Å². The Bertz CT molecular complexity index is 855. The second-order valence-electron chi connectivity index (χ2n) is 5.50. The SMILES string of the molecule is COc1ccc(-c2ccc(OCCn3c(O)ccc3O)cn2)cc1OC. The summed E-state index contributed by atoms with van der Waals surface area (Å²) in [5.74, 6) is 1.88. The van der Waals surface area contributed by atoms with Gasteiger partial charge in [0.1, 0.15) is 12.4 Å². The Hall–Kier alpha value is -3.35. The van der Waals surface area contributed by atoms with E-state index in [-0.39, 0.29) is 18.4 Å². The quantitative estimate of drug-likeness (QED) is 0.677. The summed E-state index contributed by atoms with van der Waals surface area (Å²) in [6, 6.07) is 12.1. The van der Waals surface area contributed by atoms with Crippen LogP contribution in [0.25, 0.3) is 11.3 Å². The average molecular weight is 356 g/mol. The zero-order chi connectivity index (χ0) is 18.5. The van der Waals surface area contributed by atoms with Crippen molar-refractivity contribution in [3.05, 3.63) is 48.7 Å². The number of aromatic nitrogens is 2. The van der Waals surface area contributed by atoms with Gasteiger partial charge < -0.3 is 24.4 Å². The first kappa shape index (κ1) is 17.5. The van der Waals surface area contributed by atoms with Crippen molar-refractivity contribution in [1.29, 1.82) is 0 Å². The van der Waals surface area contributed by atoms with E-state index in [2.05, 4.69) is 4.98 Å². The largest absolute Gasteiger partial charge is 0.494 e. The minimum absolute atomic E-state index is 0.00646. The van der Waals surface area contributed by atoms with Crippen LogP contribution in [0.4, 0.5) is 0 Å². The van der Waals surface area contributed by atoms with Crippen LogP contribution >= 0.6 is 0 Å². The second-order valence-corrected chi connectivity index (χ2v) is 5.50. The zero-order valence-electron chi connectivity index (χ0n) is 14.5. The molecule has 136 valence electrons. The van der Waals surface area contributed by atoms with Crippen molar-refractivity contribution in [2.45, 2.75) is 6.54 Å². The van der Waals surface area contributed by atoms with Gasteiger partial charge in [0.2, 0.25) is 0 Å². The van der Waals surface area contributed by atoms with E-state index in [4.69, 9.17) is 14.2 Å². The Morgan fingerprint density at radius 2 is 1.65 bits per heavy atom. The van der Waals surface area contributed by atoms with Gasteiger partial charge in [0, 0.05) is 17.7 Å². The maximum atomic E-state index is 9.59. The van der Waals surface area contributed by atoms with Crippen LogP contribution in [0.2, 0.25) is 0 Å². The lowest BCUT2D eigenvalue weighted by Gasteiger charge is -2.11. The fourth-order valence-electron chi connectivity index (χ4n) is 2.56. The Morgan fingerprint density at radius 3 is 2.27 bits per heavy atom. The number of benzene rings is 1. The highest BCUT2D eigenvalue weighted by molar-refractivity contribution is 5.64. The molecule has 1 aromatic carbocycles. The molecule has 7 heteroatoms. The number of methoxy groups -OCH3 is 2.